The Morgan fingerprint density at radius 2 is 1.86 bits per heavy atom. The topological polar surface area (TPSA) is 12.9 Å². The van der Waals surface area contributed by atoms with Gasteiger partial charge < -0.3 is 0 Å². The maximum atomic E-state index is 13.4. The normalized spacial score (nSPS) is 10.1. The van der Waals surface area contributed by atoms with Crippen LogP contribution in [0.15, 0.2) is 42.6 Å². The van der Waals surface area contributed by atoms with E-state index in [4.69, 9.17) is 0 Å². The molecule has 0 fully saturated rings. The summed E-state index contributed by atoms with van der Waals surface area (Å²) in [7, 11) is 0. The number of aryl methyl sites for hydroxylation is 1. The average Bonchev–Trinajstić information content (AvgIpc) is 2.20. The van der Waals surface area contributed by atoms with Crippen molar-refractivity contribution in [3.63, 3.8) is 0 Å². The van der Waals surface area contributed by atoms with Crippen LogP contribution >= 0.6 is 0 Å². The van der Waals surface area contributed by atoms with Crippen LogP contribution in [0.3, 0.4) is 0 Å². The smallest absolute Gasteiger partial charge is 0.149 e. The van der Waals surface area contributed by atoms with Crippen molar-refractivity contribution in [1.82, 2.24) is 4.98 Å². The van der Waals surface area contributed by atoms with E-state index in [0.717, 1.165) is 11.1 Å². The molecule has 0 bridgehead atoms. The largest absolute Gasteiger partial charge is 0.253 e. The van der Waals surface area contributed by atoms with Crippen LogP contribution in [0.25, 0.3) is 11.3 Å². The van der Waals surface area contributed by atoms with Crippen molar-refractivity contribution in [3.8, 4) is 11.3 Å². The van der Waals surface area contributed by atoms with Crippen molar-refractivity contribution >= 4 is 0 Å². The molecule has 0 amide bonds. The van der Waals surface area contributed by atoms with E-state index in [1.165, 1.54) is 6.07 Å². The van der Waals surface area contributed by atoms with Crippen LogP contribution in [0, 0.1) is 12.7 Å². The van der Waals surface area contributed by atoms with Crippen LogP contribution in [-0.2, 0) is 0 Å². The van der Waals surface area contributed by atoms with Crippen molar-refractivity contribution in [3.05, 3.63) is 54.0 Å². The number of hydrogen-bond acceptors (Lipinski definition) is 1. The van der Waals surface area contributed by atoms with Crippen molar-refractivity contribution in [2.45, 2.75) is 6.92 Å². The lowest BCUT2D eigenvalue weighted by Crippen LogP contribution is -1.90. The second-order valence-corrected chi connectivity index (χ2v) is 3.15. The van der Waals surface area contributed by atoms with Crippen molar-refractivity contribution in [1.29, 1.82) is 0 Å². The fourth-order valence-corrected chi connectivity index (χ4v) is 1.42. The van der Waals surface area contributed by atoms with Gasteiger partial charge in [0.05, 0.1) is 0 Å². The first-order valence-corrected chi connectivity index (χ1v) is 4.45. The van der Waals surface area contributed by atoms with Crippen LogP contribution in [0.1, 0.15) is 5.56 Å². The van der Waals surface area contributed by atoms with Gasteiger partial charge in [-0.05, 0) is 24.6 Å². The van der Waals surface area contributed by atoms with Gasteiger partial charge in [-0.15, -0.1) is 0 Å². The molecule has 0 aliphatic rings. The Morgan fingerprint density at radius 1 is 1.07 bits per heavy atom. The third-order valence-electron chi connectivity index (χ3n) is 2.16. The standard InChI is InChI=1S/C12H10FN/c1-9-5-2-3-6-10(9)12-11(13)7-4-8-14-12/h2-8H,1H3. The molecule has 2 rings (SSSR count). The molecule has 0 aliphatic carbocycles. The highest BCUT2D eigenvalue weighted by atomic mass is 19.1. The van der Waals surface area contributed by atoms with Crippen LogP contribution < -0.4 is 0 Å². The fraction of sp³-hybridized carbons (Fsp3) is 0.0833. The van der Waals surface area contributed by atoms with Gasteiger partial charge in [0.15, 0.2) is 0 Å². The first-order valence-electron chi connectivity index (χ1n) is 4.45. The Labute approximate surface area is 82.2 Å². The summed E-state index contributed by atoms with van der Waals surface area (Å²) in [5, 5.41) is 0. The minimum atomic E-state index is -0.276. The molecule has 1 heterocycles. The first-order chi connectivity index (χ1) is 6.79. The Hall–Kier alpha value is -1.70. The lowest BCUT2D eigenvalue weighted by Gasteiger charge is -2.04. The summed E-state index contributed by atoms with van der Waals surface area (Å²) in [5.41, 5.74) is 2.31. The van der Waals surface area contributed by atoms with E-state index in [2.05, 4.69) is 4.98 Å². The predicted molar refractivity (Wildman–Crippen MR) is 54.4 cm³/mol. The van der Waals surface area contributed by atoms with Crippen molar-refractivity contribution in [2.75, 3.05) is 0 Å². The summed E-state index contributed by atoms with van der Waals surface area (Å²) in [4.78, 5) is 4.03. The predicted octanol–water partition coefficient (Wildman–Crippen LogP) is 3.20. The summed E-state index contributed by atoms with van der Waals surface area (Å²) in [6.45, 7) is 1.95. The number of rotatable bonds is 1. The molecule has 1 aromatic carbocycles. The summed E-state index contributed by atoms with van der Waals surface area (Å²) in [6, 6.07) is 10.7. The number of aromatic nitrogens is 1. The fourth-order valence-electron chi connectivity index (χ4n) is 1.42. The first kappa shape index (κ1) is 8.88. The average molecular weight is 187 g/mol. The number of pyridine rings is 1. The van der Waals surface area contributed by atoms with E-state index in [1.807, 2.05) is 31.2 Å². The van der Waals surface area contributed by atoms with Gasteiger partial charge in [0.25, 0.3) is 0 Å². The Kier molecular flexibility index (Phi) is 2.27. The molecule has 2 aromatic rings. The Bertz CT molecular complexity index is 408. The maximum Gasteiger partial charge on any atom is 0.149 e. The molecule has 0 spiro atoms. The zero-order valence-corrected chi connectivity index (χ0v) is 7.87. The molecule has 0 aliphatic heterocycles. The molecule has 70 valence electrons. The van der Waals surface area contributed by atoms with Gasteiger partial charge in [0, 0.05) is 11.8 Å². The van der Waals surface area contributed by atoms with Gasteiger partial charge in [-0.1, -0.05) is 24.3 Å². The summed E-state index contributed by atoms with van der Waals surface area (Å²) in [5.74, 6) is -0.276. The van der Waals surface area contributed by atoms with Crippen LogP contribution in [0.5, 0.6) is 0 Å². The zero-order chi connectivity index (χ0) is 9.97. The minimum Gasteiger partial charge on any atom is -0.253 e. The van der Waals surface area contributed by atoms with E-state index in [-0.39, 0.29) is 5.82 Å². The summed E-state index contributed by atoms with van der Waals surface area (Å²) < 4.78 is 13.4. The molecular weight excluding hydrogens is 177 g/mol. The lowest BCUT2D eigenvalue weighted by atomic mass is 10.1. The van der Waals surface area contributed by atoms with Crippen LogP contribution in [0.4, 0.5) is 4.39 Å². The monoisotopic (exact) mass is 187 g/mol. The van der Waals surface area contributed by atoms with E-state index < -0.39 is 0 Å². The van der Waals surface area contributed by atoms with E-state index in [0.29, 0.717) is 5.69 Å². The number of nitrogens with zero attached hydrogens (tertiary/aromatic N) is 1. The van der Waals surface area contributed by atoms with Gasteiger partial charge in [0.1, 0.15) is 11.5 Å². The van der Waals surface area contributed by atoms with Crippen LogP contribution in [-0.4, -0.2) is 4.98 Å². The molecule has 0 atom stereocenters. The van der Waals surface area contributed by atoms with E-state index >= 15 is 0 Å². The molecule has 0 saturated heterocycles. The number of benzene rings is 1. The van der Waals surface area contributed by atoms with Gasteiger partial charge in [-0.2, -0.15) is 0 Å². The summed E-state index contributed by atoms with van der Waals surface area (Å²) in [6.07, 6.45) is 1.60. The Morgan fingerprint density at radius 3 is 2.57 bits per heavy atom. The maximum absolute atomic E-state index is 13.4. The second kappa shape index (κ2) is 3.58. The van der Waals surface area contributed by atoms with Gasteiger partial charge in [-0.25, -0.2) is 4.39 Å². The lowest BCUT2D eigenvalue weighted by molar-refractivity contribution is 0.625. The molecule has 1 nitrogen and oxygen atoms in total. The molecule has 0 radical (unpaired) electrons. The second-order valence-electron chi connectivity index (χ2n) is 3.15. The minimum absolute atomic E-state index is 0.276. The molecule has 2 heteroatoms. The van der Waals surface area contributed by atoms with E-state index in [1.54, 1.807) is 12.3 Å². The van der Waals surface area contributed by atoms with Crippen LogP contribution in [0.2, 0.25) is 0 Å². The van der Waals surface area contributed by atoms with Gasteiger partial charge >= 0.3 is 0 Å². The molecule has 14 heavy (non-hydrogen) atoms. The molecule has 1 aromatic heterocycles. The van der Waals surface area contributed by atoms with E-state index in [9.17, 15) is 4.39 Å². The van der Waals surface area contributed by atoms with Gasteiger partial charge in [-0.3, -0.25) is 4.98 Å². The molecule has 0 unspecified atom stereocenters. The molecule has 0 saturated carbocycles. The quantitative estimate of drug-likeness (QED) is 0.668. The number of halogens is 1. The van der Waals surface area contributed by atoms with Crippen molar-refractivity contribution in [2.24, 2.45) is 0 Å². The SMILES string of the molecule is Cc1ccccc1-c1ncccc1F. The third kappa shape index (κ3) is 1.51. The van der Waals surface area contributed by atoms with Gasteiger partial charge in [0.2, 0.25) is 0 Å². The highest BCUT2D eigenvalue weighted by Crippen LogP contribution is 2.22. The third-order valence-corrected chi connectivity index (χ3v) is 2.16. The zero-order valence-electron chi connectivity index (χ0n) is 7.87. The highest BCUT2D eigenvalue weighted by Gasteiger charge is 2.06. The highest BCUT2D eigenvalue weighted by molar-refractivity contribution is 5.63. The molecule has 0 N–H and O–H groups in total. The van der Waals surface area contributed by atoms with Crippen molar-refractivity contribution < 1.29 is 4.39 Å². The summed E-state index contributed by atoms with van der Waals surface area (Å²) >= 11 is 0. The number of hydrogen-bond donors (Lipinski definition) is 0. The Balaban J connectivity index is 2.61. The molecular formula is C12H10FN.